The third-order valence-electron chi connectivity index (χ3n) is 5.33. The SMILES string of the molecule is CCC(Oc1ccc2ccc(OS(=O)(=O)C(F)(F)C(F)(F)C(F)(F)C(F)(F)F)cc2c1)C(=O)NC(C)(C)COC. The molecule has 2 aromatic rings. The molecule has 0 fully saturated rings. The first-order chi connectivity index (χ1) is 18.0. The van der Waals surface area contributed by atoms with Crippen LogP contribution in [0, 0.1) is 0 Å². The maximum atomic E-state index is 14.0. The highest BCUT2D eigenvalue weighted by molar-refractivity contribution is 7.88. The van der Waals surface area contributed by atoms with Gasteiger partial charge in [-0.3, -0.25) is 4.79 Å². The number of hydrogen-bond donors (Lipinski definition) is 1. The lowest BCUT2D eigenvalue weighted by molar-refractivity contribution is -0.382. The minimum atomic E-state index is -7.43. The van der Waals surface area contributed by atoms with Crippen LogP contribution in [0.1, 0.15) is 27.2 Å². The Kier molecular flexibility index (Phi) is 9.26. The van der Waals surface area contributed by atoms with Crippen LogP contribution < -0.4 is 14.2 Å². The van der Waals surface area contributed by atoms with Gasteiger partial charge in [0.25, 0.3) is 5.91 Å². The van der Waals surface area contributed by atoms with Gasteiger partial charge in [-0.05, 0) is 55.3 Å². The van der Waals surface area contributed by atoms with Crippen LogP contribution in [0.4, 0.5) is 39.5 Å². The molecule has 0 aliphatic carbocycles. The Morgan fingerprint density at radius 3 is 1.90 bits per heavy atom. The lowest BCUT2D eigenvalue weighted by atomic mass is 10.1. The molecule has 7 nitrogen and oxygen atoms in total. The Hall–Kier alpha value is -2.95. The zero-order valence-corrected chi connectivity index (χ0v) is 22.0. The quantitative estimate of drug-likeness (QED) is 0.245. The molecular weight excluding hydrogens is 589 g/mol. The van der Waals surface area contributed by atoms with E-state index in [9.17, 15) is 52.7 Å². The third-order valence-corrected chi connectivity index (χ3v) is 6.62. The maximum Gasteiger partial charge on any atom is 0.460 e. The number of ether oxygens (including phenoxy) is 2. The molecule has 0 radical (unpaired) electrons. The Balaban J connectivity index is 2.36. The average Bonchev–Trinajstić information content (AvgIpc) is 2.80. The largest absolute Gasteiger partial charge is 0.481 e. The summed E-state index contributed by atoms with van der Waals surface area (Å²) in [7, 11) is -5.67. The number of carbonyl (C=O) groups excluding carboxylic acids is 1. The summed E-state index contributed by atoms with van der Waals surface area (Å²) in [4.78, 5) is 12.6. The average molecular weight is 613 g/mol. The Morgan fingerprint density at radius 1 is 0.875 bits per heavy atom. The van der Waals surface area contributed by atoms with Crippen LogP contribution in [-0.4, -0.2) is 63.0 Å². The molecule has 226 valence electrons. The predicted octanol–water partition coefficient (Wildman–Crippen LogP) is 5.67. The molecule has 0 aromatic heterocycles. The fourth-order valence-corrected chi connectivity index (χ4v) is 4.23. The summed E-state index contributed by atoms with van der Waals surface area (Å²) in [5.41, 5.74) is -0.757. The van der Waals surface area contributed by atoms with Crippen LogP contribution in [0.3, 0.4) is 0 Å². The molecule has 40 heavy (non-hydrogen) atoms. The van der Waals surface area contributed by atoms with E-state index in [1.54, 1.807) is 20.8 Å². The first-order valence-electron chi connectivity index (χ1n) is 11.2. The molecule has 2 rings (SSSR count). The minimum absolute atomic E-state index is 0.0146. The lowest BCUT2D eigenvalue weighted by Crippen LogP contribution is -2.63. The van der Waals surface area contributed by atoms with Crippen molar-refractivity contribution in [2.45, 2.75) is 62.1 Å². The molecule has 2 aromatic carbocycles. The zero-order valence-electron chi connectivity index (χ0n) is 21.2. The smallest absolute Gasteiger partial charge is 0.460 e. The number of rotatable bonds is 12. The molecule has 1 unspecified atom stereocenters. The second-order valence-corrected chi connectivity index (χ2v) is 10.8. The number of carbonyl (C=O) groups is 1. The van der Waals surface area contributed by atoms with Gasteiger partial charge in [0.1, 0.15) is 11.5 Å². The fraction of sp³-hybridized carbons (Fsp3) is 0.522. The lowest BCUT2D eigenvalue weighted by Gasteiger charge is -2.32. The first kappa shape index (κ1) is 33.3. The van der Waals surface area contributed by atoms with Crippen LogP contribution in [0.15, 0.2) is 36.4 Å². The van der Waals surface area contributed by atoms with Crippen LogP contribution >= 0.6 is 0 Å². The number of amides is 1. The molecule has 0 spiro atoms. The minimum Gasteiger partial charge on any atom is -0.481 e. The number of benzene rings is 2. The Morgan fingerprint density at radius 2 is 1.40 bits per heavy atom. The van der Waals surface area contributed by atoms with Gasteiger partial charge in [0, 0.05) is 7.11 Å². The van der Waals surface area contributed by atoms with Crippen LogP contribution in [0.2, 0.25) is 0 Å². The van der Waals surface area contributed by atoms with Crippen LogP contribution in [0.5, 0.6) is 11.5 Å². The third kappa shape index (κ3) is 6.50. The number of hydrogen-bond acceptors (Lipinski definition) is 6. The van der Waals surface area contributed by atoms with E-state index in [1.165, 1.54) is 25.3 Å². The Bertz CT molecular complexity index is 1330. The van der Waals surface area contributed by atoms with Gasteiger partial charge in [0.05, 0.1) is 12.1 Å². The number of halogens is 9. The molecule has 0 saturated carbocycles. The van der Waals surface area contributed by atoms with Crippen molar-refractivity contribution < 1.29 is 66.4 Å². The summed E-state index contributed by atoms with van der Waals surface area (Å²) in [6, 6.07) is 6.41. The van der Waals surface area contributed by atoms with E-state index in [4.69, 9.17) is 9.47 Å². The molecule has 1 N–H and O–H groups in total. The topological polar surface area (TPSA) is 90.9 Å². The highest BCUT2D eigenvalue weighted by Crippen LogP contribution is 2.55. The number of methoxy groups -OCH3 is 1. The molecule has 0 aliphatic heterocycles. The van der Waals surface area contributed by atoms with Crippen LogP contribution in [-0.2, 0) is 19.6 Å². The standard InChI is InChI=1S/C23H24F9NO6S/c1-5-17(18(34)33-19(2,3)12-37-4)38-15-8-6-13-7-9-16(11-14(13)10-15)39-40(35,36)23(31,32)21(26,27)20(24,25)22(28,29)30/h6-11,17H,5,12H2,1-4H3,(H,33,34). The van der Waals surface area contributed by atoms with E-state index < -0.39 is 56.7 Å². The zero-order chi connectivity index (χ0) is 30.9. The van der Waals surface area contributed by atoms with Crippen molar-refractivity contribution in [2.75, 3.05) is 13.7 Å². The van der Waals surface area contributed by atoms with E-state index in [0.717, 1.165) is 6.07 Å². The van der Waals surface area contributed by atoms with E-state index in [0.29, 0.717) is 12.1 Å². The summed E-state index contributed by atoms with van der Waals surface area (Å²) in [5, 5.41) is -4.02. The first-order valence-corrected chi connectivity index (χ1v) is 12.6. The van der Waals surface area contributed by atoms with E-state index in [2.05, 4.69) is 9.50 Å². The van der Waals surface area contributed by atoms with Crippen molar-refractivity contribution in [3.8, 4) is 11.5 Å². The molecule has 0 bridgehead atoms. The van der Waals surface area contributed by atoms with E-state index in [1.807, 2.05) is 0 Å². The number of nitrogens with one attached hydrogen (secondary N) is 1. The molecule has 0 saturated heterocycles. The summed E-state index contributed by atoms with van der Waals surface area (Å²) in [6.07, 6.45) is -8.06. The van der Waals surface area contributed by atoms with E-state index in [-0.39, 0.29) is 29.5 Å². The number of alkyl halides is 9. The Labute approximate surface area is 222 Å². The summed E-state index contributed by atoms with van der Waals surface area (Å²) in [6.45, 7) is 5.19. The predicted molar refractivity (Wildman–Crippen MR) is 123 cm³/mol. The molecule has 1 amide bonds. The molecule has 17 heteroatoms. The van der Waals surface area contributed by atoms with Gasteiger partial charge in [0.15, 0.2) is 6.10 Å². The normalized spacial score (nSPS) is 14.6. The van der Waals surface area contributed by atoms with Gasteiger partial charge < -0.3 is 19.0 Å². The van der Waals surface area contributed by atoms with Gasteiger partial charge in [0.2, 0.25) is 0 Å². The van der Waals surface area contributed by atoms with Gasteiger partial charge in [-0.2, -0.15) is 47.9 Å². The van der Waals surface area contributed by atoms with Crippen molar-refractivity contribution in [1.29, 1.82) is 0 Å². The van der Waals surface area contributed by atoms with Crippen molar-refractivity contribution in [2.24, 2.45) is 0 Å². The molecular formula is C23H24F9NO6S. The van der Waals surface area contributed by atoms with Crippen molar-refractivity contribution >= 4 is 26.8 Å². The second-order valence-electron chi connectivity index (χ2n) is 9.19. The summed E-state index contributed by atoms with van der Waals surface area (Å²) < 4.78 is 157. The van der Waals surface area contributed by atoms with Gasteiger partial charge in [-0.1, -0.05) is 19.1 Å². The highest BCUT2D eigenvalue weighted by Gasteiger charge is 2.86. The van der Waals surface area contributed by atoms with Crippen molar-refractivity contribution in [1.82, 2.24) is 5.32 Å². The molecule has 0 aliphatic rings. The summed E-state index contributed by atoms with van der Waals surface area (Å²) in [5.74, 6) is -16.5. The van der Waals surface area contributed by atoms with Crippen molar-refractivity contribution in [3.63, 3.8) is 0 Å². The van der Waals surface area contributed by atoms with E-state index >= 15 is 0 Å². The van der Waals surface area contributed by atoms with Crippen LogP contribution in [0.25, 0.3) is 10.8 Å². The number of fused-ring (bicyclic) bond motifs is 1. The van der Waals surface area contributed by atoms with Gasteiger partial charge in [-0.25, -0.2) is 0 Å². The second kappa shape index (κ2) is 11.1. The highest BCUT2D eigenvalue weighted by atomic mass is 32.2. The van der Waals surface area contributed by atoms with Crippen molar-refractivity contribution in [3.05, 3.63) is 36.4 Å². The summed E-state index contributed by atoms with van der Waals surface area (Å²) >= 11 is 0. The monoisotopic (exact) mass is 613 g/mol. The van der Waals surface area contributed by atoms with Gasteiger partial charge >= 0.3 is 33.4 Å². The molecule has 1 atom stereocenters. The fourth-order valence-electron chi connectivity index (χ4n) is 3.32. The maximum absolute atomic E-state index is 14.0. The molecule has 0 heterocycles. The van der Waals surface area contributed by atoms with Gasteiger partial charge in [-0.15, -0.1) is 0 Å².